The summed E-state index contributed by atoms with van der Waals surface area (Å²) >= 11 is 0. The number of halogens is 3. The van der Waals surface area contributed by atoms with Gasteiger partial charge in [-0.3, -0.25) is 0 Å². The molecule has 0 radical (unpaired) electrons. The lowest BCUT2D eigenvalue weighted by Gasteiger charge is -2.23. The molecule has 2 amide bonds. The zero-order chi connectivity index (χ0) is 16.8. The second kappa shape index (κ2) is 7.88. The highest BCUT2D eigenvalue weighted by molar-refractivity contribution is 5.74. The van der Waals surface area contributed by atoms with Crippen LogP contribution in [0.15, 0.2) is 24.3 Å². The lowest BCUT2D eigenvalue weighted by atomic mass is 10.2. The van der Waals surface area contributed by atoms with Gasteiger partial charge < -0.3 is 20.1 Å². The molecule has 0 saturated carbocycles. The van der Waals surface area contributed by atoms with E-state index in [1.165, 1.54) is 17.0 Å². The number of aliphatic hydroxyl groups is 1. The molecule has 2 N–H and O–H groups in total. The molecule has 1 aromatic carbocycles. The zero-order valence-electron chi connectivity index (χ0n) is 12.4. The van der Waals surface area contributed by atoms with E-state index in [0.29, 0.717) is 0 Å². The fraction of sp³-hybridized carbons (Fsp3) is 0.500. The fourth-order valence-corrected chi connectivity index (χ4v) is 1.49. The van der Waals surface area contributed by atoms with Crippen molar-refractivity contribution in [2.24, 2.45) is 0 Å². The van der Waals surface area contributed by atoms with E-state index in [0.717, 1.165) is 5.56 Å². The van der Waals surface area contributed by atoms with Crippen molar-refractivity contribution in [2.45, 2.75) is 25.7 Å². The maximum absolute atomic E-state index is 12.0. The van der Waals surface area contributed by atoms with Gasteiger partial charge in [0.15, 0.2) is 6.61 Å². The van der Waals surface area contributed by atoms with Crippen molar-refractivity contribution in [3.63, 3.8) is 0 Å². The van der Waals surface area contributed by atoms with Gasteiger partial charge in [0.25, 0.3) is 0 Å². The molecule has 22 heavy (non-hydrogen) atoms. The van der Waals surface area contributed by atoms with E-state index in [1.807, 2.05) is 0 Å². The average Bonchev–Trinajstić information content (AvgIpc) is 2.49. The summed E-state index contributed by atoms with van der Waals surface area (Å²) in [5.41, 5.74) is 0.720. The van der Waals surface area contributed by atoms with Crippen LogP contribution in [0.5, 0.6) is 5.75 Å². The van der Waals surface area contributed by atoms with Crippen LogP contribution in [-0.4, -0.2) is 48.5 Å². The number of nitrogens with zero attached hydrogens (tertiary/aromatic N) is 1. The minimum absolute atomic E-state index is 0.110. The van der Waals surface area contributed by atoms with Crippen LogP contribution in [0.2, 0.25) is 0 Å². The molecule has 0 aliphatic heterocycles. The molecule has 124 valence electrons. The number of hydrogen-bond donors (Lipinski definition) is 2. The van der Waals surface area contributed by atoms with Crippen LogP contribution in [0, 0.1) is 0 Å². The van der Waals surface area contributed by atoms with Crippen LogP contribution in [0.4, 0.5) is 18.0 Å². The summed E-state index contributed by atoms with van der Waals surface area (Å²) in [6.45, 7) is 0.440. The van der Waals surface area contributed by atoms with Gasteiger partial charge in [-0.05, 0) is 24.6 Å². The van der Waals surface area contributed by atoms with Crippen LogP contribution in [0.25, 0.3) is 0 Å². The summed E-state index contributed by atoms with van der Waals surface area (Å²) in [6.07, 6.45) is -4.37. The molecule has 5 nitrogen and oxygen atoms in total. The summed E-state index contributed by atoms with van der Waals surface area (Å²) in [7, 11) is 1.56. The van der Waals surface area contributed by atoms with E-state index in [1.54, 1.807) is 26.1 Å². The summed E-state index contributed by atoms with van der Waals surface area (Å²) in [5.74, 6) is 0.110. The molecule has 0 aliphatic carbocycles. The maximum atomic E-state index is 12.0. The summed E-state index contributed by atoms with van der Waals surface area (Å²) < 4.78 is 40.6. The molecule has 0 aliphatic rings. The van der Waals surface area contributed by atoms with Gasteiger partial charge in [0.1, 0.15) is 5.75 Å². The van der Waals surface area contributed by atoms with E-state index in [4.69, 9.17) is 5.11 Å². The molecule has 0 fully saturated rings. The molecule has 1 aromatic rings. The number of alkyl halides is 3. The van der Waals surface area contributed by atoms with E-state index in [-0.39, 0.29) is 31.0 Å². The topological polar surface area (TPSA) is 61.8 Å². The van der Waals surface area contributed by atoms with E-state index >= 15 is 0 Å². The summed E-state index contributed by atoms with van der Waals surface area (Å²) in [5, 5.41) is 11.6. The predicted octanol–water partition coefficient (Wildman–Crippen LogP) is 2.15. The molecule has 0 heterocycles. The number of aliphatic hydroxyl groups excluding tert-OH is 1. The van der Waals surface area contributed by atoms with Crippen molar-refractivity contribution in [1.29, 1.82) is 0 Å². The smallest absolute Gasteiger partial charge is 0.422 e. The Kier molecular flexibility index (Phi) is 6.48. The van der Waals surface area contributed by atoms with Crippen LogP contribution < -0.4 is 10.1 Å². The van der Waals surface area contributed by atoms with Gasteiger partial charge in [-0.1, -0.05) is 12.1 Å². The zero-order valence-corrected chi connectivity index (χ0v) is 12.4. The number of amides is 2. The van der Waals surface area contributed by atoms with E-state index in [9.17, 15) is 18.0 Å². The quantitative estimate of drug-likeness (QED) is 0.844. The molecule has 0 saturated heterocycles. The van der Waals surface area contributed by atoms with Gasteiger partial charge in [-0.2, -0.15) is 13.2 Å². The van der Waals surface area contributed by atoms with Crippen molar-refractivity contribution in [3.8, 4) is 5.75 Å². The average molecular weight is 320 g/mol. The first kappa shape index (κ1) is 18.1. The largest absolute Gasteiger partial charge is 0.484 e. The molecule has 1 atom stereocenters. The summed E-state index contributed by atoms with van der Waals surface area (Å²) in [6, 6.07) is 5.31. The standard InChI is InChI=1S/C14H19F3N2O3/c1-10(8-20)19(2)13(21)18-7-11-3-5-12(6-4-11)22-9-14(15,16)17/h3-6,10,20H,7-9H2,1-2H3,(H,18,21). The normalized spacial score (nSPS) is 12.6. The van der Waals surface area contributed by atoms with Gasteiger partial charge in [0.2, 0.25) is 0 Å². The molecular weight excluding hydrogens is 301 g/mol. The lowest BCUT2D eigenvalue weighted by molar-refractivity contribution is -0.153. The molecule has 0 aromatic heterocycles. The van der Waals surface area contributed by atoms with Crippen LogP contribution in [-0.2, 0) is 6.54 Å². The number of carbonyl (C=O) groups excluding carboxylic acids is 1. The lowest BCUT2D eigenvalue weighted by Crippen LogP contribution is -2.43. The second-order valence-corrected chi connectivity index (χ2v) is 4.85. The fourth-order valence-electron chi connectivity index (χ4n) is 1.49. The molecule has 1 unspecified atom stereocenters. The highest BCUT2D eigenvalue weighted by Gasteiger charge is 2.28. The van der Waals surface area contributed by atoms with Crippen LogP contribution >= 0.6 is 0 Å². The van der Waals surface area contributed by atoms with E-state index < -0.39 is 12.8 Å². The van der Waals surface area contributed by atoms with Gasteiger partial charge in [0.05, 0.1) is 12.6 Å². The molecule has 0 bridgehead atoms. The van der Waals surface area contributed by atoms with Crippen molar-refractivity contribution >= 4 is 6.03 Å². The highest BCUT2D eigenvalue weighted by Crippen LogP contribution is 2.18. The van der Waals surface area contributed by atoms with Crippen molar-refractivity contribution in [3.05, 3.63) is 29.8 Å². The highest BCUT2D eigenvalue weighted by atomic mass is 19.4. The SMILES string of the molecule is CC(CO)N(C)C(=O)NCc1ccc(OCC(F)(F)F)cc1. The Bertz CT molecular complexity index is 477. The van der Waals surface area contributed by atoms with Gasteiger partial charge in [-0.15, -0.1) is 0 Å². The van der Waals surface area contributed by atoms with Crippen LogP contribution in [0.3, 0.4) is 0 Å². The van der Waals surface area contributed by atoms with Crippen LogP contribution in [0.1, 0.15) is 12.5 Å². The number of benzene rings is 1. The number of carbonyl (C=O) groups is 1. The molecule has 8 heteroatoms. The van der Waals surface area contributed by atoms with Crippen molar-refractivity contribution < 1.29 is 27.8 Å². The first-order chi connectivity index (χ1) is 10.2. The van der Waals surface area contributed by atoms with Crippen molar-refractivity contribution in [2.75, 3.05) is 20.3 Å². The number of rotatable bonds is 6. The minimum Gasteiger partial charge on any atom is -0.484 e. The Hall–Kier alpha value is -1.96. The minimum atomic E-state index is -4.37. The first-order valence-corrected chi connectivity index (χ1v) is 6.63. The Morgan fingerprint density at radius 1 is 1.36 bits per heavy atom. The summed E-state index contributed by atoms with van der Waals surface area (Å²) in [4.78, 5) is 13.1. The van der Waals surface area contributed by atoms with Gasteiger partial charge >= 0.3 is 12.2 Å². The number of ether oxygens (including phenoxy) is 1. The number of likely N-dealkylation sites (N-methyl/N-ethyl adjacent to an activating group) is 1. The third kappa shape index (κ3) is 6.21. The first-order valence-electron chi connectivity index (χ1n) is 6.63. The Morgan fingerprint density at radius 3 is 2.45 bits per heavy atom. The molecular formula is C14H19F3N2O3. The Labute approximate surface area is 126 Å². The Balaban J connectivity index is 2.46. The number of hydrogen-bond acceptors (Lipinski definition) is 3. The second-order valence-electron chi connectivity index (χ2n) is 4.85. The molecule has 0 spiro atoms. The van der Waals surface area contributed by atoms with Crippen molar-refractivity contribution in [1.82, 2.24) is 10.2 Å². The monoisotopic (exact) mass is 320 g/mol. The Morgan fingerprint density at radius 2 is 1.95 bits per heavy atom. The third-order valence-electron chi connectivity index (χ3n) is 3.02. The number of urea groups is 1. The third-order valence-corrected chi connectivity index (χ3v) is 3.02. The predicted molar refractivity (Wildman–Crippen MR) is 74.5 cm³/mol. The number of nitrogens with one attached hydrogen (secondary N) is 1. The van der Waals surface area contributed by atoms with Gasteiger partial charge in [0, 0.05) is 13.6 Å². The van der Waals surface area contributed by atoms with E-state index in [2.05, 4.69) is 10.1 Å². The molecule has 1 rings (SSSR count). The maximum Gasteiger partial charge on any atom is 0.422 e. The van der Waals surface area contributed by atoms with Gasteiger partial charge in [-0.25, -0.2) is 4.79 Å².